The number of alkyl carbamates (subject to hydrolysis) is 1. The lowest BCUT2D eigenvalue weighted by atomic mass is 10.2. The normalized spacial score (nSPS) is 15.2. The molecular formula is C14H19N3O7. The van der Waals surface area contributed by atoms with Crippen molar-refractivity contribution >= 4 is 29.8 Å². The molecule has 0 bridgehead atoms. The number of carbonyl (C=O) groups excluding carboxylic acids is 4. The minimum atomic E-state index is -1.42. The molecule has 0 aromatic carbocycles. The highest BCUT2D eigenvalue weighted by molar-refractivity contribution is 6.14. The quantitative estimate of drug-likeness (QED) is 0.526. The first-order valence-electron chi connectivity index (χ1n) is 7.02. The third-order valence-electron chi connectivity index (χ3n) is 2.69. The van der Waals surface area contributed by atoms with Gasteiger partial charge in [0, 0.05) is 18.7 Å². The van der Waals surface area contributed by atoms with Crippen LogP contribution in [0.25, 0.3) is 0 Å². The van der Waals surface area contributed by atoms with Crippen molar-refractivity contribution in [2.45, 2.75) is 32.4 Å². The van der Waals surface area contributed by atoms with Gasteiger partial charge < -0.3 is 20.5 Å². The van der Waals surface area contributed by atoms with Gasteiger partial charge in [0.15, 0.2) is 0 Å². The first-order valence-corrected chi connectivity index (χ1v) is 7.02. The van der Waals surface area contributed by atoms with Gasteiger partial charge >= 0.3 is 12.1 Å². The molecule has 3 N–H and O–H groups in total. The van der Waals surface area contributed by atoms with Crippen molar-refractivity contribution in [2.75, 3.05) is 13.1 Å². The Kier molecular flexibility index (Phi) is 6.04. The Balaban J connectivity index is 2.50. The van der Waals surface area contributed by atoms with E-state index in [1.54, 1.807) is 20.8 Å². The predicted molar refractivity (Wildman–Crippen MR) is 79.7 cm³/mol. The summed E-state index contributed by atoms with van der Waals surface area (Å²) in [5.74, 6) is -3.37. The fraction of sp³-hybridized carbons (Fsp3) is 0.500. The number of nitrogens with zero attached hydrogens (tertiary/aromatic N) is 1. The Bertz CT molecular complexity index is 574. The molecule has 0 saturated heterocycles. The van der Waals surface area contributed by atoms with E-state index in [-0.39, 0.29) is 0 Å². The van der Waals surface area contributed by atoms with E-state index < -0.39 is 54.5 Å². The van der Waals surface area contributed by atoms with Gasteiger partial charge in [-0.1, -0.05) is 0 Å². The van der Waals surface area contributed by atoms with Gasteiger partial charge in [-0.2, -0.15) is 0 Å². The molecule has 0 aromatic heterocycles. The molecule has 4 amide bonds. The average Bonchev–Trinajstić information content (AvgIpc) is 2.73. The van der Waals surface area contributed by atoms with E-state index in [4.69, 9.17) is 9.84 Å². The fourth-order valence-corrected chi connectivity index (χ4v) is 1.65. The molecule has 0 aromatic rings. The average molecular weight is 341 g/mol. The lowest BCUT2D eigenvalue weighted by molar-refractivity contribution is -0.142. The first-order chi connectivity index (χ1) is 11.0. The van der Waals surface area contributed by atoms with Gasteiger partial charge in [-0.15, -0.1) is 0 Å². The number of carboxylic acid groups (broad SMARTS) is 1. The fourth-order valence-electron chi connectivity index (χ4n) is 1.65. The molecule has 1 unspecified atom stereocenters. The number of rotatable bonds is 6. The number of aliphatic carboxylic acids is 1. The summed E-state index contributed by atoms with van der Waals surface area (Å²) in [7, 11) is 0. The molecule has 1 heterocycles. The smallest absolute Gasteiger partial charge is 0.408 e. The molecule has 1 atom stereocenters. The Hall–Kier alpha value is -2.91. The molecule has 0 saturated carbocycles. The van der Waals surface area contributed by atoms with Crippen LogP contribution in [0.2, 0.25) is 0 Å². The molecule has 1 aliphatic rings. The molecule has 1 aliphatic heterocycles. The van der Waals surface area contributed by atoms with Gasteiger partial charge in [-0.25, -0.2) is 9.59 Å². The van der Waals surface area contributed by atoms with Gasteiger partial charge in [-0.05, 0) is 20.8 Å². The van der Waals surface area contributed by atoms with Crippen LogP contribution in [0.15, 0.2) is 12.2 Å². The number of carbonyl (C=O) groups is 5. The molecule has 0 fully saturated rings. The summed E-state index contributed by atoms with van der Waals surface area (Å²) in [6.45, 7) is 3.87. The third-order valence-corrected chi connectivity index (χ3v) is 2.69. The number of hydrogen-bond acceptors (Lipinski definition) is 6. The first kappa shape index (κ1) is 19.1. The van der Waals surface area contributed by atoms with E-state index >= 15 is 0 Å². The molecule has 24 heavy (non-hydrogen) atoms. The second-order valence-corrected chi connectivity index (χ2v) is 5.94. The van der Waals surface area contributed by atoms with Crippen molar-refractivity contribution in [3.05, 3.63) is 12.2 Å². The lowest BCUT2D eigenvalue weighted by Crippen LogP contribution is -2.51. The van der Waals surface area contributed by atoms with Crippen molar-refractivity contribution in [1.29, 1.82) is 0 Å². The van der Waals surface area contributed by atoms with Gasteiger partial charge in [0.25, 0.3) is 11.8 Å². The summed E-state index contributed by atoms with van der Waals surface area (Å²) in [6.07, 6.45) is 1.11. The number of imide groups is 1. The summed E-state index contributed by atoms with van der Waals surface area (Å²) in [4.78, 5) is 57.7. The maximum Gasteiger partial charge on any atom is 0.408 e. The van der Waals surface area contributed by atoms with E-state index in [0.717, 1.165) is 12.2 Å². The van der Waals surface area contributed by atoms with Crippen LogP contribution in [0, 0.1) is 0 Å². The summed E-state index contributed by atoms with van der Waals surface area (Å²) in [5, 5.41) is 13.4. The van der Waals surface area contributed by atoms with Crippen LogP contribution in [0.5, 0.6) is 0 Å². The van der Waals surface area contributed by atoms with Crippen LogP contribution in [-0.2, 0) is 23.9 Å². The molecule has 0 radical (unpaired) electrons. The van der Waals surface area contributed by atoms with Crippen LogP contribution < -0.4 is 10.6 Å². The summed E-state index contributed by atoms with van der Waals surface area (Å²) >= 11 is 0. The molecule has 10 heteroatoms. The third kappa shape index (κ3) is 6.07. The van der Waals surface area contributed by atoms with E-state index in [2.05, 4.69) is 10.6 Å². The molecule has 132 valence electrons. The number of hydrogen-bond donors (Lipinski definition) is 3. The lowest BCUT2D eigenvalue weighted by Gasteiger charge is -2.22. The zero-order valence-electron chi connectivity index (χ0n) is 13.5. The highest BCUT2D eigenvalue weighted by Gasteiger charge is 2.27. The SMILES string of the molecule is CC(C)(C)OC(=O)NC(CNC(=O)CN1C(=O)C=CC1=O)C(=O)O. The van der Waals surface area contributed by atoms with Crippen molar-refractivity contribution in [3.63, 3.8) is 0 Å². The molecule has 0 aliphatic carbocycles. The monoisotopic (exact) mass is 341 g/mol. The van der Waals surface area contributed by atoms with Crippen LogP contribution >= 0.6 is 0 Å². The number of amides is 4. The highest BCUT2D eigenvalue weighted by atomic mass is 16.6. The van der Waals surface area contributed by atoms with Crippen molar-refractivity contribution in [3.8, 4) is 0 Å². The van der Waals surface area contributed by atoms with E-state index in [9.17, 15) is 24.0 Å². The zero-order chi connectivity index (χ0) is 18.5. The zero-order valence-corrected chi connectivity index (χ0v) is 13.5. The Morgan fingerprint density at radius 1 is 1.21 bits per heavy atom. The maximum atomic E-state index is 11.7. The summed E-state index contributed by atoms with van der Waals surface area (Å²) < 4.78 is 4.93. The number of carboxylic acids is 1. The highest BCUT2D eigenvalue weighted by Crippen LogP contribution is 2.06. The van der Waals surface area contributed by atoms with Crippen molar-refractivity contribution < 1.29 is 33.8 Å². The van der Waals surface area contributed by atoms with E-state index in [1.807, 2.05) is 0 Å². The largest absolute Gasteiger partial charge is 0.480 e. The van der Waals surface area contributed by atoms with Gasteiger partial charge in [0.05, 0.1) is 0 Å². The Morgan fingerprint density at radius 3 is 2.21 bits per heavy atom. The molecule has 10 nitrogen and oxygen atoms in total. The summed E-state index contributed by atoms with van der Waals surface area (Å²) in [5.41, 5.74) is -0.806. The molecular weight excluding hydrogens is 322 g/mol. The van der Waals surface area contributed by atoms with Crippen LogP contribution in [-0.4, -0.2) is 64.5 Å². The van der Waals surface area contributed by atoms with Gasteiger partial charge in [-0.3, -0.25) is 19.3 Å². The predicted octanol–water partition coefficient (Wildman–Crippen LogP) is -0.994. The minimum Gasteiger partial charge on any atom is -0.480 e. The standard InChI is InChI=1S/C14H19N3O7/c1-14(2,3)24-13(23)16-8(12(21)22)6-15-9(18)7-17-10(19)4-5-11(17)20/h4-5,8H,6-7H2,1-3H3,(H,15,18)(H,16,23)(H,21,22). The van der Waals surface area contributed by atoms with Crippen LogP contribution in [0.1, 0.15) is 20.8 Å². The van der Waals surface area contributed by atoms with E-state index in [1.165, 1.54) is 0 Å². The van der Waals surface area contributed by atoms with Gasteiger partial charge in [0.2, 0.25) is 5.91 Å². The van der Waals surface area contributed by atoms with Gasteiger partial charge in [0.1, 0.15) is 18.2 Å². The number of ether oxygens (including phenoxy) is 1. The van der Waals surface area contributed by atoms with Crippen molar-refractivity contribution in [2.24, 2.45) is 0 Å². The molecule has 0 spiro atoms. The van der Waals surface area contributed by atoms with Crippen LogP contribution in [0.3, 0.4) is 0 Å². The maximum absolute atomic E-state index is 11.7. The second-order valence-electron chi connectivity index (χ2n) is 5.94. The minimum absolute atomic E-state index is 0.433. The summed E-state index contributed by atoms with van der Waals surface area (Å²) in [6, 6.07) is -1.42. The Labute approximate surface area is 137 Å². The van der Waals surface area contributed by atoms with Crippen molar-refractivity contribution in [1.82, 2.24) is 15.5 Å². The van der Waals surface area contributed by atoms with Crippen LogP contribution in [0.4, 0.5) is 4.79 Å². The van der Waals surface area contributed by atoms with E-state index in [0.29, 0.717) is 4.90 Å². The second kappa shape index (κ2) is 7.57. The topological polar surface area (TPSA) is 142 Å². The Morgan fingerprint density at radius 2 is 1.75 bits per heavy atom. The number of nitrogens with one attached hydrogen (secondary N) is 2. The molecule has 1 rings (SSSR count).